The van der Waals surface area contributed by atoms with Crippen LogP contribution in [-0.2, 0) is 47.4 Å². The Hall–Kier alpha value is -0.880. The maximum atomic E-state index is 11.7. The van der Waals surface area contributed by atoms with Gasteiger partial charge in [0.25, 0.3) is 0 Å². The lowest BCUT2D eigenvalue weighted by molar-refractivity contribution is -0.401. The summed E-state index contributed by atoms with van der Waals surface area (Å²) < 4.78 is 61.0. The number of hydrogen-bond acceptors (Lipinski definition) is 22. The van der Waals surface area contributed by atoms with Gasteiger partial charge in [0.05, 0.1) is 45.2 Å². The molecule has 1 spiro atoms. The first-order valence-electron chi connectivity index (χ1n) is 26.7. The third-order valence-corrected chi connectivity index (χ3v) is 20.0. The molecule has 22 heteroatoms. The van der Waals surface area contributed by atoms with Crippen LogP contribution in [0.15, 0.2) is 0 Å². The van der Waals surface area contributed by atoms with Crippen LogP contribution < -0.4 is 0 Å². The fraction of sp³-hybridized carbons (Fsp3) is 1.00. The Labute approximate surface area is 419 Å². The van der Waals surface area contributed by atoms with Crippen LogP contribution in [0.1, 0.15) is 91.9 Å². The van der Waals surface area contributed by atoms with Gasteiger partial charge in [-0.1, -0.05) is 27.7 Å². The zero-order valence-corrected chi connectivity index (χ0v) is 41.7. The first-order chi connectivity index (χ1) is 34.3. The van der Waals surface area contributed by atoms with Gasteiger partial charge < -0.3 is 109 Å². The third-order valence-electron chi connectivity index (χ3n) is 20.0. The predicted molar refractivity (Wildman–Crippen MR) is 242 cm³/mol. The minimum atomic E-state index is -1.97. The van der Waals surface area contributed by atoms with Gasteiger partial charge in [0.15, 0.2) is 30.9 Å². The van der Waals surface area contributed by atoms with Crippen molar-refractivity contribution < 1.29 is 109 Å². The predicted octanol–water partition coefficient (Wildman–Crippen LogP) is -2.27. The van der Waals surface area contributed by atoms with Crippen molar-refractivity contribution in [2.45, 2.75) is 227 Å². The van der Waals surface area contributed by atoms with Crippen molar-refractivity contribution in [2.75, 3.05) is 33.0 Å². The maximum Gasteiger partial charge on any atom is 0.187 e. The highest BCUT2D eigenvalue weighted by Crippen LogP contribution is 2.71. The number of ether oxygens (including phenoxy) is 10. The van der Waals surface area contributed by atoms with E-state index in [4.69, 9.17) is 47.4 Å². The molecule has 4 saturated carbocycles. The molecular formula is C50H82O22. The zero-order valence-electron chi connectivity index (χ0n) is 41.7. The van der Waals surface area contributed by atoms with Crippen molar-refractivity contribution in [1.82, 2.24) is 0 Å². The molecule has 6 aliphatic heterocycles. The smallest absolute Gasteiger partial charge is 0.187 e. The second-order valence-corrected chi connectivity index (χ2v) is 23.9. The number of hydrogen-bond donors (Lipinski definition) is 12. The molecule has 0 aromatic heterocycles. The minimum Gasteiger partial charge on any atom is -0.394 e. The molecule has 6 heterocycles. The molecule has 0 radical (unpaired) electrons. The summed E-state index contributed by atoms with van der Waals surface area (Å²) in [5, 5.41) is 129. The van der Waals surface area contributed by atoms with Crippen molar-refractivity contribution in [2.24, 2.45) is 52.3 Å². The van der Waals surface area contributed by atoms with E-state index in [0.29, 0.717) is 47.8 Å². The average Bonchev–Trinajstić information content (AvgIpc) is 3.82. The minimum absolute atomic E-state index is 0.0993. The summed E-state index contributed by atoms with van der Waals surface area (Å²) in [7, 11) is 0. The van der Waals surface area contributed by atoms with Crippen LogP contribution in [0.5, 0.6) is 0 Å². The molecule has 0 aromatic rings. The quantitative estimate of drug-likeness (QED) is 0.0971. The van der Waals surface area contributed by atoms with Gasteiger partial charge in [-0.2, -0.15) is 0 Å². The lowest BCUT2D eigenvalue weighted by atomic mass is 9.44. The molecule has 0 amide bonds. The van der Waals surface area contributed by atoms with Crippen LogP contribution >= 0.6 is 0 Å². The second-order valence-electron chi connectivity index (χ2n) is 23.9. The van der Waals surface area contributed by atoms with E-state index in [9.17, 15) is 61.3 Å². The molecule has 414 valence electrons. The molecule has 10 rings (SSSR count). The largest absolute Gasteiger partial charge is 0.394 e. The molecular weight excluding hydrogens is 953 g/mol. The fourth-order valence-corrected chi connectivity index (χ4v) is 15.9. The standard InChI is InChI=1S/C50H82O22/c1-20-7-12-50(64-18-20)21(2)32-28(72-50)14-26-24-6-5-22-13-23(8-10-48(22,3)25(24)9-11-49(26,32)4)65-45-40(62)38(60)41(31(17-53)68-45)69-46-43(37(59)35(57)29(15-51)66-46)71-47-42(36(58)34(56)30(16-52)67-47)70-44-39(61)33(55)27(54)19-63-44/h20-47,51-62H,5-19H2,1-4H3/t20-,21+,22+,23+,24-,25+,26+,27-,28+,29-,30-,31-,32+,33+,34-,35-,36+,37+,38-,39-,40-,41+,42-,43-,44+,45-,46+,47+,48+,49+,50-/m1/s1. The van der Waals surface area contributed by atoms with Gasteiger partial charge in [0, 0.05) is 12.3 Å². The Bertz CT molecular complexity index is 1830. The number of rotatable bonds is 11. The number of aliphatic hydroxyl groups is 12. The Morgan fingerprint density at radius 1 is 0.514 bits per heavy atom. The van der Waals surface area contributed by atoms with Crippen LogP contribution in [0.2, 0.25) is 0 Å². The lowest BCUT2D eigenvalue weighted by Crippen LogP contribution is -2.68. The summed E-state index contributed by atoms with van der Waals surface area (Å²) in [4.78, 5) is 0. The third kappa shape index (κ3) is 9.26. The molecule has 72 heavy (non-hydrogen) atoms. The number of fused-ring (bicyclic) bond motifs is 7. The summed E-state index contributed by atoms with van der Waals surface area (Å²) in [6.07, 6.45) is -22.6. The van der Waals surface area contributed by atoms with E-state index in [0.717, 1.165) is 51.6 Å². The molecule has 4 aliphatic carbocycles. The van der Waals surface area contributed by atoms with E-state index in [1.807, 2.05) is 0 Å². The molecule has 0 aromatic carbocycles. The summed E-state index contributed by atoms with van der Waals surface area (Å²) in [5.74, 6) is 3.10. The van der Waals surface area contributed by atoms with Crippen molar-refractivity contribution in [3.63, 3.8) is 0 Å². The Balaban J connectivity index is 0.791. The monoisotopic (exact) mass is 1030 g/mol. The summed E-state index contributed by atoms with van der Waals surface area (Å²) in [6, 6.07) is 0. The molecule has 0 unspecified atom stereocenters. The molecule has 22 nitrogen and oxygen atoms in total. The van der Waals surface area contributed by atoms with Crippen LogP contribution in [0.4, 0.5) is 0 Å². The van der Waals surface area contributed by atoms with Gasteiger partial charge in [-0.05, 0) is 104 Å². The first-order valence-corrected chi connectivity index (χ1v) is 26.7. The lowest BCUT2D eigenvalue weighted by Gasteiger charge is -2.61. The number of aliphatic hydroxyl groups excluding tert-OH is 12. The molecule has 6 saturated heterocycles. The molecule has 10 fully saturated rings. The van der Waals surface area contributed by atoms with Crippen molar-refractivity contribution in [1.29, 1.82) is 0 Å². The van der Waals surface area contributed by atoms with E-state index >= 15 is 0 Å². The van der Waals surface area contributed by atoms with Gasteiger partial charge in [0.1, 0.15) is 91.6 Å². The van der Waals surface area contributed by atoms with E-state index in [1.165, 1.54) is 12.8 Å². The van der Waals surface area contributed by atoms with E-state index in [-0.39, 0.29) is 23.0 Å². The first kappa shape index (κ1) is 54.5. The SMILES string of the molecule is C[C@@H]1CC[C@@]2(OC1)O[C@H]1C[C@H]3[C@@H]4CC[C@H]5C[C@@H](O[C@@H]6O[C@H](CO)[C@H](O[C@@H]7O[C@H](CO)[C@@H](O)[C@H](O)[C@H]7O[C@@H]7O[C@H](CO)[C@@H](O)[C@H](O)[C@H]7O[C@@H]7OC[C@@H](O)[C@H](O)[C@H]7O)[C@H](O)[C@H]6O)CC[C@]5(C)[C@H]4CC[C@]3(C)[C@H]1[C@@H]2C. The van der Waals surface area contributed by atoms with Crippen LogP contribution in [0, 0.1) is 52.3 Å². The zero-order chi connectivity index (χ0) is 51.3. The molecule has 0 bridgehead atoms. The van der Waals surface area contributed by atoms with Gasteiger partial charge in [0.2, 0.25) is 0 Å². The van der Waals surface area contributed by atoms with Crippen LogP contribution in [-0.4, -0.2) is 229 Å². The van der Waals surface area contributed by atoms with Crippen molar-refractivity contribution in [3.05, 3.63) is 0 Å². The van der Waals surface area contributed by atoms with Crippen LogP contribution in [0.3, 0.4) is 0 Å². The van der Waals surface area contributed by atoms with Gasteiger partial charge in [-0.25, -0.2) is 0 Å². The highest BCUT2D eigenvalue weighted by atomic mass is 16.8. The molecule has 12 N–H and O–H groups in total. The topological polar surface area (TPSA) is 335 Å². The highest BCUT2D eigenvalue weighted by molar-refractivity contribution is 5.15. The normalized spacial score (nSPS) is 57.8. The van der Waals surface area contributed by atoms with Gasteiger partial charge in [-0.15, -0.1) is 0 Å². The van der Waals surface area contributed by atoms with E-state index in [2.05, 4.69) is 27.7 Å². The Morgan fingerprint density at radius 2 is 1.10 bits per heavy atom. The van der Waals surface area contributed by atoms with E-state index < -0.39 is 149 Å². The highest BCUT2D eigenvalue weighted by Gasteiger charge is 2.69. The van der Waals surface area contributed by atoms with Crippen LogP contribution in [0.25, 0.3) is 0 Å². The summed E-state index contributed by atoms with van der Waals surface area (Å²) >= 11 is 0. The average molecular weight is 1040 g/mol. The fourth-order valence-electron chi connectivity index (χ4n) is 15.9. The molecule has 31 atom stereocenters. The summed E-state index contributed by atoms with van der Waals surface area (Å²) in [5.41, 5.74) is 0.305. The summed E-state index contributed by atoms with van der Waals surface area (Å²) in [6.45, 7) is 7.48. The Morgan fingerprint density at radius 3 is 1.72 bits per heavy atom. The Kier molecular flexibility index (Phi) is 15.9. The van der Waals surface area contributed by atoms with Crippen molar-refractivity contribution >= 4 is 0 Å². The second kappa shape index (κ2) is 21.1. The molecule has 10 aliphatic rings. The van der Waals surface area contributed by atoms with E-state index in [1.54, 1.807) is 0 Å². The van der Waals surface area contributed by atoms with Gasteiger partial charge >= 0.3 is 0 Å². The van der Waals surface area contributed by atoms with Crippen molar-refractivity contribution in [3.8, 4) is 0 Å². The van der Waals surface area contributed by atoms with Gasteiger partial charge in [-0.3, -0.25) is 0 Å². The maximum absolute atomic E-state index is 11.7.